The second-order valence-electron chi connectivity index (χ2n) is 6.82. The lowest BCUT2D eigenvalue weighted by atomic mass is 10.0. The van der Waals surface area contributed by atoms with Crippen LogP contribution in [0.25, 0.3) is 0 Å². The van der Waals surface area contributed by atoms with Crippen molar-refractivity contribution in [3.05, 3.63) is 0 Å². The van der Waals surface area contributed by atoms with Gasteiger partial charge >= 0.3 is 5.97 Å². The summed E-state index contributed by atoms with van der Waals surface area (Å²) in [6, 6.07) is 0. The number of ether oxygens (including phenoxy) is 1. The molecule has 0 radical (unpaired) electrons. The van der Waals surface area contributed by atoms with Gasteiger partial charge in [0.2, 0.25) is 0 Å². The van der Waals surface area contributed by atoms with E-state index in [4.69, 9.17) is 9.84 Å². The van der Waals surface area contributed by atoms with Crippen LogP contribution in [-0.2, 0) is 9.53 Å². The van der Waals surface area contributed by atoms with Gasteiger partial charge in [-0.15, -0.1) is 0 Å². The van der Waals surface area contributed by atoms with E-state index in [0.29, 0.717) is 23.2 Å². The van der Waals surface area contributed by atoms with Crippen LogP contribution in [0.4, 0.5) is 0 Å². The molecule has 0 aromatic carbocycles. The van der Waals surface area contributed by atoms with Gasteiger partial charge in [0.1, 0.15) is 0 Å². The van der Waals surface area contributed by atoms with Crippen molar-refractivity contribution < 1.29 is 14.6 Å². The van der Waals surface area contributed by atoms with Crippen LogP contribution in [0.5, 0.6) is 0 Å². The Morgan fingerprint density at radius 3 is 2.28 bits per heavy atom. The Bertz CT molecular complexity index is 324. The molecule has 2 aliphatic rings. The topological polar surface area (TPSA) is 58.6 Å². The van der Waals surface area contributed by atoms with Crippen molar-refractivity contribution in [2.75, 3.05) is 13.1 Å². The lowest BCUT2D eigenvalue weighted by molar-refractivity contribution is -0.149. The van der Waals surface area contributed by atoms with E-state index in [1.165, 1.54) is 0 Å². The Hall–Kier alpha value is -0.610. The van der Waals surface area contributed by atoms with Gasteiger partial charge in [0.25, 0.3) is 0 Å². The summed E-state index contributed by atoms with van der Waals surface area (Å²) in [5, 5.41) is 12.3. The molecule has 1 aliphatic carbocycles. The predicted molar refractivity (Wildman–Crippen MR) is 69.5 cm³/mol. The maximum absolute atomic E-state index is 10.8. The minimum absolute atomic E-state index is 0.0658. The van der Waals surface area contributed by atoms with E-state index in [-0.39, 0.29) is 6.10 Å². The van der Waals surface area contributed by atoms with Crippen LogP contribution >= 0.6 is 0 Å². The zero-order valence-electron chi connectivity index (χ0n) is 11.8. The Morgan fingerprint density at radius 2 is 1.83 bits per heavy atom. The molecule has 2 unspecified atom stereocenters. The first-order valence-electron chi connectivity index (χ1n) is 6.86. The summed E-state index contributed by atoms with van der Waals surface area (Å²) >= 11 is 0. The van der Waals surface area contributed by atoms with E-state index in [2.05, 4.69) is 33.0 Å². The first kappa shape index (κ1) is 13.8. The highest BCUT2D eigenvalue weighted by atomic mass is 16.5. The molecule has 0 aromatic heterocycles. The average molecular weight is 255 g/mol. The van der Waals surface area contributed by atoms with Gasteiger partial charge in [0.05, 0.1) is 6.10 Å². The molecule has 104 valence electrons. The summed E-state index contributed by atoms with van der Waals surface area (Å²) in [5.41, 5.74) is 0.806. The van der Waals surface area contributed by atoms with E-state index >= 15 is 0 Å². The molecule has 0 amide bonds. The molecular weight excluding hydrogens is 230 g/mol. The SMILES string of the molecule is CC1(C)C(CNCC2CCC(C(=O)O)O2)C1(C)C. The number of carboxylic acid groups (broad SMARTS) is 1. The Balaban J connectivity index is 1.68. The van der Waals surface area contributed by atoms with E-state index in [0.717, 1.165) is 19.5 Å². The third kappa shape index (κ3) is 2.28. The lowest BCUT2D eigenvalue weighted by Gasteiger charge is -2.12. The molecule has 2 atom stereocenters. The van der Waals surface area contributed by atoms with Crippen LogP contribution < -0.4 is 5.32 Å². The highest BCUT2D eigenvalue weighted by molar-refractivity contribution is 5.72. The van der Waals surface area contributed by atoms with Crippen LogP contribution in [0.1, 0.15) is 40.5 Å². The second kappa shape index (κ2) is 4.49. The molecule has 0 spiro atoms. The quantitative estimate of drug-likeness (QED) is 0.787. The van der Waals surface area contributed by atoms with Crippen LogP contribution in [-0.4, -0.2) is 36.4 Å². The molecule has 2 fully saturated rings. The summed E-state index contributed by atoms with van der Waals surface area (Å²) in [7, 11) is 0. The molecule has 18 heavy (non-hydrogen) atoms. The van der Waals surface area contributed by atoms with Crippen molar-refractivity contribution in [1.82, 2.24) is 5.32 Å². The molecule has 0 bridgehead atoms. The number of hydrogen-bond donors (Lipinski definition) is 2. The van der Waals surface area contributed by atoms with Crippen molar-refractivity contribution in [1.29, 1.82) is 0 Å². The molecule has 0 aromatic rings. The summed E-state index contributed by atoms with van der Waals surface area (Å²) in [6.07, 6.45) is 0.963. The Morgan fingerprint density at radius 1 is 1.22 bits per heavy atom. The second-order valence-corrected chi connectivity index (χ2v) is 6.82. The minimum Gasteiger partial charge on any atom is -0.479 e. The highest BCUT2D eigenvalue weighted by Crippen LogP contribution is 2.67. The summed E-state index contributed by atoms with van der Waals surface area (Å²) in [4.78, 5) is 10.8. The van der Waals surface area contributed by atoms with Gasteiger partial charge in [0.15, 0.2) is 6.10 Å². The van der Waals surface area contributed by atoms with Crippen molar-refractivity contribution in [2.45, 2.75) is 52.7 Å². The fraction of sp³-hybridized carbons (Fsp3) is 0.929. The van der Waals surface area contributed by atoms with Gasteiger partial charge in [-0.05, 0) is 36.1 Å². The first-order chi connectivity index (χ1) is 8.26. The third-order valence-electron chi connectivity index (χ3n) is 5.42. The van der Waals surface area contributed by atoms with Crippen molar-refractivity contribution >= 4 is 5.97 Å². The molecule has 2 N–H and O–H groups in total. The normalized spacial score (nSPS) is 33.6. The first-order valence-corrected chi connectivity index (χ1v) is 6.86. The molecule has 4 heteroatoms. The molecule has 1 heterocycles. The minimum atomic E-state index is -0.832. The largest absolute Gasteiger partial charge is 0.479 e. The van der Waals surface area contributed by atoms with E-state index in [9.17, 15) is 4.79 Å². The maximum atomic E-state index is 10.8. The monoisotopic (exact) mass is 255 g/mol. The molecular formula is C14H25NO3. The van der Waals surface area contributed by atoms with Gasteiger partial charge < -0.3 is 15.2 Å². The zero-order valence-corrected chi connectivity index (χ0v) is 11.8. The molecule has 1 saturated heterocycles. The number of rotatable bonds is 5. The van der Waals surface area contributed by atoms with E-state index in [1.54, 1.807) is 0 Å². The fourth-order valence-corrected chi connectivity index (χ4v) is 3.27. The number of aliphatic carboxylic acids is 1. The smallest absolute Gasteiger partial charge is 0.332 e. The molecule has 4 nitrogen and oxygen atoms in total. The van der Waals surface area contributed by atoms with Crippen LogP contribution in [0, 0.1) is 16.7 Å². The van der Waals surface area contributed by atoms with Gasteiger partial charge in [-0.1, -0.05) is 27.7 Å². The third-order valence-corrected chi connectivity index (χ3v) is 5.42. The zero-order chi connectivity index (χ0) is 13.6. The predicted octanol–water partition coefficient (Wildman–Crippen LogP) is 1.89. The Kier molecular flexibility index (Phi) is 3.45. The summed E-state index contributed by atoms with van der Waals surface area (Å²) in [5.74, 6) is -0.136. The maximum Gasteiger partial charge on any atom is 0.332 e. The Labute approximate surface area is 109 Å². The van der Waals surface area contributed by atoms with Crippen molar-refractivity contribution in [3.63, 3.8) is 0 Å². The molecule has 2 rings (SSSR count). The lowest BCUT2D eigenvalue weighted by Crippen LogP contribution is -2.30. The van der Waals surface area contributed by atoms with Crippen molar-refractivity contribution in [2.24, 2.45) is 16.7 Å². The summed E-state index contributed by atoms with van der Waals surface area (Å²) in [6.45, 7) is 11.0. The van der Waals surface area contributed by atoms with E-state index < -0.39 is 12.1 Å². The highest BCUT2D eigenvalue weighted by Gasteiger charge is 2.63. The number of hydrogen-bond acceptors (Lipinski definition) is 3. The van der Waals surface area contributed by atoms with Gasteiger partial charge in [-0.3, -0.25) is 0 Å². The number of carbonyl (C=O) groups is 1. The van der Waals surface area contributed by atoms with Crippen molar-refractivity contribution in [3.8, 4) is 0 Å². The van der Waals surface area contributed by atoms with E-state index in [1.807, 2.05) is 0 Å². The molecule has 1 saturated carbocycles. The van der Waals surface area contributed by atoms with Gasteiger partial charge in [0, 0.05) is 6.54 Å². The van der Waals surface area contributed by atoms with Crippen LogP contribution in [0.3, 0.4) is 0 Å². The number of carboxylic acids is 1. The fourth-order valence-electron chi connectivity index (χ4n) is 3.27. The van der Waals surface area contributed by atoms with Gasteiger partial charge in [-0.2, -0.15) is 0 Å². The standard InChI is InChI=1S/C14H25NO3/c1-13(2)11(14(13,3)4)8-15-7-9-5-6-10(18-9)12(16)17/h9-11,15H,5-8H2,1-4H3,(H,16,17). The van der Waals surface area contributed by atoms with Gasteiger partial charge in [-0.25, -0.2) is 4.79 Å². The summed E-state index contributed by atoms with van der Waals surface area (Å²) < 4.78 is 5.47. The molecule has 1 aliphatic heterocycles. The average Bonchev–Trinajstić information content (AvgIpc) is 2.67. The van der Waals surface area contributed by atoms with Crippen LogP contribution in [0.15, 0.2) is 0 Å². The van der Waals surface area contributed by atoms with Crippen LogP contribution in [0.2, 0.25) is 0 Å². The number of nitrogens with one attached hydrogen (secondary N) is 1.